The Morgan fingerprint density at radius 2 is 1.48 bits per heavy atom. The smallest absolute Gasteiger partial charge is 0.160 e. The molecule has 0 spiro atoms. The van der Waals surface area contributed by atoms with Crippen LogP contribution in [0.25, 0.3) is 0 Å². The van der Waals surface area contributed by atoms with E-state index in [1.807, 2.05) is 12.1 Å². The first-order valence-corrected chi connectivity index (χ1v) is 9.22. The van der Waals surface area contributed by atoms with Crippen LogP contribution in [0.1, 0.15) is 68.1 Å². The van der Waals surface area contributed by atoms with E-state index in [-0.39, 0.29) is 0 Å². The monoisotopic (exact) mass is 338 g/mol. The van der Waals surface area contributed by atoms with Crippen LogP contribution in [0.2, 0.25) is 0 Å². The highest BCUT2D eigenvalue weighted by atomic mass is 19.2. The summed E-state index contributed by atoms with van der Waals surface area (Å²) in [7, 11) is 0. The second kappa shape index (κ2) is 8.30. The van der Waals surface area contributed by atoms with Crippen LogP contribution in [-0.4, -0.2) is 0 Å². The average Bonchev–Trinajstić information content (AvgIpc) is 2.64. The van der Waals surface area contributed by atoms with Crippen molar-refractivity contribution in [2.45, 2.75) is 51.4 Å². The molecule has 0 atom stereocenters. The second-order valence-corrected chi connectivity index (χ2v) is 7.01. The Balaban J connectivity index is 1.63. The van der Waals surface area contributed by atoms with Crippen LogP contribution < -0.4 is 0 Å². The molecule has 3 rings (SSSR count). The molecular weight excluding hydrogens is 314 g/mol. The van der Waals surface area contributed by atoms with Gasteiger partial charge in [-0.25, -0.2) is 8.78 Å². The van der Waals surface area contributed by atoms with Crippen molar-refractivity contribution >= 4 is 0 Å². The minimum atomic E-state index is -0.860. The highest BCUT2D eigenvalue weighted by Gasteiger charge is 2.21. The molecule has 1 saturated carbocycles. The van der Waals surface area contributed by atoms with Gasteiger partial charge >= 0.3 is 0 Å². The van der Waals surface area contributed by atoms with Crippen molar-refractivity contribution in [3.63, 3.8) is 0 Å². The van der Waals surface area contributed by atoms with Crippen LogP contribution in [0.15, 0.2) is 42.5 Å². The molecule has 0 unspecified atom stereocenters. The number of halogens is 2. The van der Waals surface area contributed by atoms with E-state index < -0.39 is 11.6 Å². The quantitative estimate of drug-likeness (QED) is 0.565. The maximum atomic E-state index is 13.2. The van der Waals surface area contributed by atoms with Crippen LogP contribution >= 0.6 is 0 Å². The molecule has 130 valence electrons. The van der Waals surface area contributed by atoms with Gasteiger partial charge in [-0.1, -0.05) is 43.7 Å². The first-order valence-electron chi connectivity index (χ1n) is 9.22. The average molecular weight is 338 g/mol. The zero-order valence-electron chi connectivity index (χ0n) is 14.7. The molecule has 1 aliphatic rings. The molecule has 0 saturated heterocycles. The van der Waals surface area contributed by atoms with Gasteiger partial charge in [-0.2, -0.15) is 0 Å². The van der Waals surface area contributed by atoms with Crippen molar-refractivity contribution in [1.82, 2.24) is 0 Å². The lowest BCUT2D eigenvalue weighted by molar-refractivity contribution is 0.308. The van der Waals surface area contributed by atoms with Gasteiger partial charge < -0.3 is 0 Å². The molecule has 0 amide bonds. The molecule has 0 aliphatic heterocycles. The summed E-state index contributed by atoms with van der Waals surface area (Å²) < 4.78 is 26.1. The van der Waals surface area contributed by atoms with E-state index in [1.165, 1.54) is 50.2 Å². The Bertz CT molecular complexity index is 757. The zero-order valence-corrected chi connectivity index (χ0v) is 14.7. The van der Waals surface area contributed by atoms with Gasteiger partial charge in [-0.05, 0) is 73.4 Å². The van der Waals surface area contributed by atoms with Gasteiger partial charge in [0.1, 0.15) is 0 Å². The van der Waals surface area contributed by atoms with E-state index in [1.54, 1.807) is 0 Å². The molecule has 0 nitrogen and oxygen atoms in total. The molecule has 0 bridgehead atoms. The zero-order chi connectivity index (χ0) is 17.6. The highest BCUT2D eigenvalue weighted by Crippen LogP contribution is 2.37. The SMILES string of the molecule is CCCC1CCC(c2ccc(C#Cc3ccc(F)c(F)c3)cc2)CC1. The van der Waals surface area contributed by atoms with Crippen molar-refractivity contribution in [2.24, 2.45) is 5.92 Å². The molecule has 2 aromatic rings. The fourth-order valence-corrected chi connectivity index (χ4v) is 3.75. The third kappa shape index (κ3) is 4.69. The fraction of sp³-hybridized carbons (Fsp3) is 0.391. The molecule has 0 heterocycles. The summed E-state index contributed by atoms with van der Waals surface area (Å²) in [6.45, 7) is 2.27. The third-order valence-corrected chi connectivity index (χ3v) is 5.20. The summed E-state index contributed by atoms with van der Waals surface area (Å²) in [6, 6.07) is 12.1. The third-order valence-electron chi connectivity index (χ3n) is 5.20. The maximum Gasteiger partial charge on any atom is 0.160 e. The summed E-state index contributed by atoms with van der Waals surface area (Å²) in [6.07, 6.45) is 7.91. The molecule has 1 aliphatic carbocycles. The Labute approximate surface area is 149 Å². The van der Waals surface area contributed by atoms with E-state index in [2.05, 4.69) is 30.9 Å². The molecule has 0 N–H and O–H groups in total. The molecule has 1 fully saturated rings. The molecule has 0 radical (unpaired) electrons. The predicted molar refractivity (Wildman–Crippen MR) is 98.4 cm³/mol. The molecule has 0 aromatic heterocycles. The van der Waals surface area contributed by atoms with Crippen molar-refractivity contribution in [3.8, 4) is 11.8 Å². The number of hydrogen-bond acceptors (Lipinski definition) is 0. The molecule has 25 heavy (non-hydrogen) atoms. The Kier molecular flexibility index (Phi) is 5.87. The first-order chi connectivity index (χ1) is 12.2. The van der Waals surface area contributed by atoms with E-state index >= 15 is 0 Å². The topological polar surface area (TPSA) is 0 Å². The van der Waals surface area contributed by atoms with E-state index in [4.69, 9.17) is 0 Å². The summed E-state index contributed by atoms with van der Waals surface area (Å²) >= 11 is 0. The lowest BCUT2D eigenvalue weighted by Crippen LogP contribution is -2.13. The van der Waals surface area contributed by atoms with Gasteiger partial charge in [-0.15, -0.1) is 0 Å². The van der Waals surface area contributed by atoms with Gasteiger partial charge in [0.05, 0.1) is 0 Å². The predicted octanol–water partition coefficient (Wildman–Crippen LogP) is 6.44. The maximum absolute atomic E-state index is 13.2. The summed E-state index contributed by atoms with van der Waals surface area (Å²) in [5, 5.41) is 0. The van der Waals surface area contributed by atoms with Gasteiger partial charge in [-0.3, -0.25) is 0 Å². The summed E-state index contributed by atoms with van der Waals surface area (Å²) in [5.41, 5.74) is 2.78. The van der Waals surface area contributed by atoms with Crippen LogP contribution in [0, 0.1) is 29.4 Å². The normalized spacial score (nSPS) is 20.0. The van der Waals surface area contributed by atoms with Crippen LogP contribution in [0.3, 0.4) is 0 Å². The van der Waals surface area contributed by atoms with E-state index in [0.717, 1.165) is 23.6 Å². The Hall–Kier alpha value is -2.14. The molecule has 2 aromatic carbocycles. The van der Waals surface area contributed by atoms with Crippen LogP contribution in [-0.2, 0) is 0 Å². The second-order valence-electron chi connectivity index (χ2n) is 7.01. The summed E-state index contributed by atoms with van der Waals surface area (Å²) in [5.74, 6) is 5.80. The number of rotatable bonds is 3. The minimum Gasteiger partial charge on any atom is -0.204 e. The lowest BCUT2D eigenvalue weighted by Gasteiger charge is -2.28. The van der Waals surface area contributed by atoms with E-state index in [9.17, 15) is 8.78 Å². The van der Waals surface area contributed by atoms with Crippen molar-refractivity contribution < 1.29 is 8.78 Å². The lowest BCUT2D eigenvalue weighted by atomic mass is 9.77. The fourth-order valence-electron chi connectivity index (χ4n) is 3.75. The van der Waals surface area contributed by atoms with Crippen molar-refractivity contribution in [2.75, 3.05) is 0 Å². The van der Waals surface area contributed by atoms with Crippen molar-refractivity contribution in [3.05, 3.63) is 70.8 Å². The Morgan fingerprint density at radius 3 is 2.12 bits per heavy atom. The first kappa shape index (κ1) is 17.7. The van der Waals surface area contributed by atoms with E-state index in [0.29, 0.717) is 11.5 Å². The largest absolute Gasteiger partial charge is 0.204 e. The summed E-state index contributed by atoms with van der Waals surface area (Å²) in [4.78, 5) is 0. The standard InChI is InChI=1S/C23H24F2/c1-2-3-17-6-11-20(12-7-17)21-13-8-18(9-14-21)4-5-19-10-15-22(24)23(25)16-19/h8-10,13-17,20H,2-3,6-7,11-12H2,1H3. The van der Waals surface area contributed by atoms with Gasteiger partial charge in [0.25, 0.3) is 0 Å². The van der Waals surface area contributed by atoms with Crippen molar-refractivity contribution in [1.29, 1.82) is 0 Å². The molecular formula is C23H24F2. The number of benzene rings is 2. The number of hydrogen-bond donors (Lipinski definition) is 0. The van der Waals surface area contributed by atoms with Gasteiger partial charge in [0.2, 0.25) is 0 Å². The molecule has 2 heteroatoms. The van der Waals surface area contributed by atoms with Crippen LogP contribution in [0.4, 0.5) is 8.78 Å². The van der Waals surface area contributed by atoms with Crippen LogP contribution in [0.5, 0.6) is 0 Å². The van der Waals surface area contributed by atoms with Gasteiger partial charge in [0.15, 0.2) is 11.6 Å². The highest BCUT2D eigenvalue weighted by molar-refractivity contribution is 5.44. The Morgan fingerprint density at radius 1 is 0.840 bits per heavy atom. The minimum absolute atomic E-state index is 0.484. The van der Waals surface area contributed by atoms with Gasteiger partial charge in [0, 0.05) is 11.1 Å².